The largest absolute Gasteiger partial charge is 0.497 e. The summed E-state index contributed by atoms with van der Waals surface area (Å²) in [5, 5.41) is 4.16. The van der Waals surface area contributed by atoms with Crippen molar-refractivity contribution in [3.05, 3.63) is 76.2 Å². The molecule has 0 fully saturated rings. The molecule has 9 heteroatoms. The third-order valence-corrected chi connectivity index (χ3v) is 5.42. The minimum Gasteiger partial charge on any atom is -0.497 e. The van der Waals surface area contributed by atoms with Crippen molar-refractivity contribution in [1.82, 2.24) is 9.55 Å². The van der Waals surface area contributed by atoms with E-state index in [-0.39, 0.29) is 17.8 Å². The summed E-state index contributed by atoms with van der Waals surface area (Å²) in [5.41, 5.74) is 1.69. The van der Waals surface area contributed by atoms with Gasteiger partial charge in [-0.25, -0.2) is 13.8 Å². The Morgan fingerprint density at radius 2 is 1.97 bits per heavy atom. The van der Waals surface area contributed by atoms with Gasteiger partial charge in [0, 0.05) is 17.0 Å². The number of nitrogens with zero attached hydrogens (tertiary/aromatic N) is 2. The van der Waals surface area contributed by atoms with Crippen molar-refractivity contribution in [3.63, 3.8) is 0 Å². The number of thiophene rings is 1. The molecule has 30 heavy (non-hydrogen) atoms. The first-order valence-electron chi connectivity index (χ1n) is 8.82. The highest BCUT2D eigenvalue weighted by molar-refractivity contribution is 7.17. The zero-order valence-electron chi connectivity index (χ0n) is 15.7. The van der Waals surface area contributed by atoms with Crippen LogP contribution in [0.3, 0.4) is 0 Å². The molecule has 0 atom stereocenters. The van der Waals surface area contributed by atoms with Crippen LogP contribution in [0.25, 0.3) is 21.3 Å². The number of fused-ring (bicyclic) bond motifs is 1. The Labute approximate surface area is 173 Å². The van der Waals surface area contributed by atoms with Crippen LogP contribution in [0.4, 0.5) is 14.5 Å². The Balaban J connectivity index is 1.59. The van der Waals surface area contributed by atoms with Crippen molar-refractivity contribution in [2.45, 2.75) is 6.54 Å². The van der Waals surface area contributed by atoms with Gasteiger partial charge in [0.05, 0.1) is 24.6 Å². The maximum absolute atomic E-state index is 13.7. The fourth-order valence-corrected chi connectivity index (χ4v) is 3.94. The topological polar surface area (TPSA) is 73.2 Å². The number of methoxy groups -OCH3 is 1. The molecule has 0 spiro atoms. The van der Waals surface area contributed by atoms with Gasteiger partial charge in [-0.15, -0.1) is 11.3 Å². The van der Waals surface area contributed by atoms with E-state index in [0.29, 0.717) is 16.3 Å². The first kappa shape index (κ1) is 19.7. The van der Waals surface area contributed by atoms with Gasteiger partial charge in [-0.1, -0.05) is 12.1 Å². The summed E-state index contributed by atoms with van der Waals surface area (Å²) >= 11 is 1.23. The average Bonchev–Trinajstić information content (AvgIpc) is 3.17. The Bertz CT molecular complexity index is 1300. The summed E-state index contributed by atoms with van der Waals surface area (Å²) in [6.45, 7) is -0.353. The molecule has 0 aliphatic carbocycles. The van der Waals surface area contributed by atoms with Crippen molar-refractivity contribution in [1.29, 1.82) is 0 Å². The molecule has 0 saturated carbocycles. The molecule has 1 N–H and O–H groups in total. The molecule has 0 radical (unpaired) electrons. The second kappa shape index (κ2) is 8.03. The number of ether oxygens (including phenoxy) is 1. The van der Waals surface area contributed by atoms with Crippen molar-refractivity contribution in [3.8, 4) is 16.9 Å². The Morgan fingerprint density at radius 3 is 2.67 bits per heavy atom. The lowest BCUT2D eigenvalue weighted by Gasteiger charge is -2.08. The number of amides is 1. The molecule has 1 amide bonds. The minimum atomic E-state index is -0.897. The molecule has 2 heterocycles. The van der Waals surface area contributed by atoms with Gasteiger partial charge in [-0.3, -0.25) is 14.2 Å². The van der Waals surface area contributed by atoms with Gasteiger partial charge < -0.3 is 10.1 Å². The van der Waals surface area contributed by atoms with Crippen LogP contribution in [0, 0.1) is 11.6 Å². The second-order valence-electron chi connectivity index (χ2n) is 6.41. The first-order valence-corrected chi connectivity index (χ1v) is 9.70. The van der Waals surface area contributed by atoms with Crippen LogP contribution in [-0.4, -0.2) is 22.6 Å². The Morgan fingerprint density at radius 1 is 1.20 bits per heavy atom. The molecular weight excluding hydrogens is 412 g/mol. The molecule has 0 unspecified atom stereocenters. The van der Waals surface area contributed by atoms with Crippen LogP contribution in [0.1, 0.15) is 0 Å². The van der Waals surface area contributed by atoms with E-state index < -0.39 is 17.5 Å². The van der Waals surface area contributed by atoms with Gasteiger partial charge in [-0.05, 0) is 29.8 Å². The van der Waals surface area contributed by atoms with Crippen LogP contribution >= 0.6 is 11.3 Å². The lowest BCUT2D eigenvalue weighted by Crippen LogP contribution is -2.27. The summed E-state index contributed by atoms with van der Waals surface area (Å²) < 4.78 is 33.4. The molecule has 6 nitrogen and oxygen atoms in total. The monoisotopic (exact) mass is 427 g/mol. The summed E-state index contributed by atoms with van der Waals surface area (Å²) in [6.07, 6.45) is 1.28. The van der Waals surface area contributed by atoms with E-state index in [1.807, 2.05) is 29.6 Å². The number of anilines is 1. The number of hydrogen-bond donors (Lipinski definition) is 1. The fourth-order valence-electron chi connectivity index (χ4n) is 2.97. The zero-order valence-corrected chi connectivity index (χ0v) is 16.5. The van der Waals surface area contributed by atoms with E-state index in [9.17, 15) is 18.4 Å². The Hall–Kier alpha value is -3.59. The third kappa shape index (κ3) is 3.79. The molecule has 0 saturated heterocycles. The maximum Gasteiger partial charge on any atom is 0.271 e. The normalized spacial score (nSPS) is 10.9. The van der Waals surface area contributed by atoms with Crippen LogP contribution < -0.4 is 15.6 Å². The molecule has 2 aromatic heterocycles. The summed E-state index contributed by atoms with van der Waals surface area (Å²) in [5.74, 6) is -1.55. The highest BCUT2D eigenvalue weighted by Crippen LogP contribution is 2.31. The van der Waals surface area contributed by atoms with Crippen LogP contribution in [0.2, 0.25) is 0 Å². The predicted octanol–water partition coefficient (Wildman–Crippen LogP) is 4.05. The van der Waals surface area contributed by atoms with E-state index in [1.165, 1.54) is 17.7 Å². The average molecular weight is 427 g/mol. The zero-order chi connectivity index (χ0) is 21.3. The van der Waals surface area contributed by atoms with E-state index in [1.54, 1.807) is 7.11 Å². The maximum atomic E-state index is 13.7. The third-order valence-electron chi connectivity index (χ3n) is 4.47. The second-order valence-corrected chi connectivity index (χ2v) is 7.29. The van der Waals surface area contributed by atoms with Gasteiger partial charge in [0.15, 0.2) is 0 Å². The molecule has 0 bridgehead atoms. The van der Waals surface area contributed by atoms with E-state index in [2.05, 4.69) is 10.3 Å². The number of rotatable bonds is 5. The fraction of sp³-hybridized carbons (Fsp3) is 0.0952. The number of halogens is 2. The van der Waals surface area contributed by atoms with Gasteiger partial charge in [0.25, 0.3) is 5.56 Å². The van der Waals surface area contributed by atoms with Gasteiger partial charge >= 0.3 is 0 Å². The molecular formula is C21H15F2N3O3S. The lowest BCUT2D eigenvalue weighted by atomic mass is 10.1. The van der Waals surface area contributed by atoms with Crippen LogP contribution in [-0.2, 0) is 11.3 Å². The van der Waals surface area contributed by atoms with Gasteiger partial charge in [-0.2, -0.15) is 0 Å². The lowest BCUT2D eigenvalue weighted by molar-refractivity contribution is -0.116. The molecule has 0 aliphatic rings. The highest BCUT2D eigenvalue weighted by Gasteiger charge is 2.15. The van der Waals surface area contributed by atoms with E-state index >= 15 is 0 Å². The molecule has 4 aromatic rings. The molecule has 0 aliphatic heterocycles. The SMILES string of the molecule is COc1ccc(-c2csc3c(=O)n(CC(=O)Nc4ccc(F)cc4F)cnc23)cc1. The quantitative estimate of drug-likeness (QED) is 0.522. The van der Waals surface area contributed by atoms with Crippen molar-refractivity contribution < 1.29 is 18.3 Å². The Kier molecular flexibility index (Phi) is 5.28. The van der Waals surface area contributed by atoms with Crippen molar-refractivity contribution in [2.75, 3.05) is 12.4 Å². The number of carbonyl (C=O) groups excluding carboxylic acids is 1. The molecule has 152 valence electrons. The minimum absolute atomic E-state index is 0.165. The first-order chi connectivity index (χ1) is 14.5. The molecule has 4 rings (SSSR count). The predicted molar refractivity (Wildman–Crippen MR) is 111 cm³/mol. The van der Waals surface area contributed by atoms with Gasteiger partial charge in [0.1, 0.15) is 28.6 Å². The van der Waals surface area contributed by atoms with Crippen LogP contribution in [0.5, 0.6) is 5.75 Å². The molecule has 2 aromatic carbocycles. The van der Waals surface area contributed by atoms with Crippen molar-refractivity contribution >= 4 is 33.1 Å². The van der Waals surface area contributed by atoms with E-state index in [4.69, 9.17) is 4.74 Å². The summed E-state index contributed by atoms with van der Waals surface area (Å²) in [6, 6.07) is 10.2. The number of nitrogens with one attached hydrogen (secondary N) is 1. The standard InChI is InChI=1S/C21H15F2N3O3S/c1-29-14-5-2-12(3-6-14)15-10-30-20-19(15)24-11-26(21(20)28)9-18(27)25-17-7-4-13(22)8-16(17)23/h2-8,10-11H,9H2,1H3,(H,25,27). The van der Waals surface area contributed by atoms with E-state index in [0.717, 1.165) is 33.6 Å². The number of carbonyl (C=O) groups is 1. The highest BCUT2D eigenvalue weighted by atomic mass is 32.1. The number of aromatic nitrogens is 2. The smallest absolute Gasteiger partial charge is 0.271 e. The van der Waals surface area contributed by atoms with Gasteiger partial charge in [0.2, 0.25) is 5.91 Å². The van der Waals surface area contributed by atoms with Crippen LogP contribution in [0.15, 0.2) is 59.0 Å². The number of benzene rings is 2. The van der Waals surface area contributed by atoms with Crippen molar-refractivity contribution in [2.24, 2.45) is 0 Å². The summed E-state index contributed by atoms with van der Waals surface area (Å²) in [7, 11) is 1.58. The summed E-state index contributed by atoms with van der Waals surface area (Å²) in [4.78, 5) is 29.4. The number of hydrogen-bond acceptors (Lipinski definition) is 5.